The van der Waals surface area contributed by atoms with E-state index in [9.17, 15) is 0 Å². The lowest BCUT2D eigenvalue weighted by Crippen LogP contribution is -2.30. The lowest BCUT2D eigenvalue weighted by Gasteiger charge is -2.31. The van der Waals surface area contributed by atoms with Gasteiger partial charge in [-0.1, -0.05) is 18.9 Å². The Morgan fingerprint density at radius 1 is 1.27 bits per heavy atom. The second kappa shape index (κ2) is 2.69. The van der Waals surface area contributed by atoms with Gasteiger partial charge >= 0.3 is 0 Å². The Bertz CT molecular complexity index is 346. The summed E-state index contributed by atoms with van der Waals surface area (Å²) in [6, 6.07) is 0. The first-order valence-corrected chi connectivity index (χ1v) is 6.45. The summed E-state index contributed by atoms with van der Waals surface area (Å²) in [4.78, 5) is 0. The molecule has 1 saturated carbocycles. The van der Waals surface area contributed by atoms with Crippen molar-refractivity contribution in [3.63, 3.8) is 0 Å². The van der Waals surface area contributed by atoms with Crippen LogP contribution in [-0.4, -0.2) is 6.10 Å². The Morgan fingerprint density at radius 3 is 3.00 bits per heavy atom. The van der Waals surface area contributed by atoms with Crippen LogP contribution in [0.4, 0.5) is 0 Å². The monoisotopic (exact) mass is 202 g/mol. The van der Waals surface area contributed by atoms with Crippen molar-refractivity contribution in [2.75, 3.05) is 0 Å². The molecule has 4 rings (SSSR count). The van der Waals surface area contributed by atoms with Crippen LogP contribution >= 0.6 is 0 Å². The normalized spacial score (nSPS) is 44.3. The van der Waals surface area contributed by atoms with Crippen LogP contribution in [-0.2, 0) is 4.74 Å². The van der Waals surface area contributed by atoms with E-state index in [1.807, 2.05) is 0 Å². The minimum atomic E-state index is 0.430. The van der Waals surface area contributed by atoms with Crippen LogP contribution in [0.25, 0.3) is 0 Å². The largest absolute Gasteiger partial charge is 0.490 e. The molecule has 1 nitrogen and oxygen atoms in total. The molecule has 1 heteroatoms. The van der Waals surface area contributed by atoms with Gasteiger partial charge in [-0.05, 0) is 43.3 Å². The van der Waals surface area contributed by atoms with Crippen LogP contribution < -0.4 is 0 Å². The summed E-state index contributed by atoms with van der Waals surface area (Å²) in [5, 5.41) is 0. The van der Waals surface area contributed by atoms with Crippen molar-refractivity contribution >= 4 is 0 Å². The van der Waals surface area contributed by atoms with Crippen LogP contribution in [0.15, 0.2) is 24.0 Å². The van der Waals surface area contributed by atoms with Crippen molar-refractivity contribution in [1.29, 1.82) is 0 Å². The van der Waals surface area contributed by atoms with E-state index in [2.05, 4.69) is 18.2 Å². The van der Waals surface area contributed by atoms with Crippen LogP contribution in [0.3, 0.4) is 0 Å². The van der Waals surface area contributed by atoms with E-state index in [1.165, 1.54) is 44.3 Å². The first kappa shape index (κ1) is 8.43. The third-order valence-corrected chi connectivity index (χ3v) is 5.06. The SMILES string of the molecule is C1=CC2(CCCC2)C2C1OC1=CCCC12. The average Bonchev–Trinajstić information content (AvgIpc) is 2.93. The standard InChI is InChI=1S/C14H18O/c1-2-8-14(7-1)9-6-12-13(14)10-4-3-5-11(10)15-12/h5-6,9-10,12-13H,1-4,7-8H2. The predicted molar refractivity (Wildman–Crippen MR) is 59.2 cm³/mol. The van der Waals surface area contributed by atoms with Gasteiger partial charge < -0.3 is 4.74 Å². The van der Waals surface area contributed by atoms with Gasteiger partial charge in [-0.15, -0.1) is 0 Å². The molecule has 0 radical (unpaired) electrons. The quantitative estimate of drug-likeness (QED) is 0.547. The van der Waals surface area contributed by atoms with E-state index in [4.69, 9.17) is 4.74 Å². The van der Waals surface area contributed by atoms with Gasteiger partial charge in [0.05, 0.1) is 5.76 Å². The summed E-state index contributed by atoms with van der Waals surface area (Å²) in [7, 11) is 0. The molecular formula is C14H18O. The Labute approximate surface area is 91.2 Å². The molecule has 0 bridgehead atoms. The molecule has 80 valence electrons. The van der Waals surface area contributed by atoms with Gasteiger partial charge in [0.15, 0.2) is 0 Å². The molecule has 3 atom stereocenters. The molecule has 1 saturated heterocycles. The molecule has 4 aliphatic rings. The molecular weight excluding hydrogens is 184 g/mol. The first-order valence-electron chi connectivity index (χ1n) is 6.45. The van der Waals surface area contributed by atoms with Gasteiger partial charge in [0.25, 0.3) is 0 Å². The average molecular weight is 202 g/mol. The fraction of sp³-hybridized carbons (Fsp3) is 0.714. The summed E-state index contributed by atoms with van der Waals surface area (Å²) < 4.78 is 6.07. The molecule has 0 aromatic rings. The summed E-state index contributed by atoms with van der Waals surface area (Å²) in [5.41, 5.74) is 0.537. The van der Waals surface area contributed by atoms with E-state index < -0.39 is 0 Å². The van der Waals surface area contributed by atoms with Crippen molar-refractivity contribution in [1.82, 2.24) is 0 Å². The highest BCUT2D eigenvalue weighted by atomic mass is 16.5. The molecule has 0 aromatic heterocycles. The van der Waals surface area contributed by atoms with Gasteiger partial charge in [0.2, 0.25) is 0 Å². The van der Waals surface area contributed by atoms with E-state index in [0.717, 1.165) is 11.8 Å². The van der Waals surface area contributed by atoms with Crippen molar-refractivity contribution in [2.45, 2.75) is 44.6 Å². The lowest BCUT2D eigenvalue weighted by atomic mass is 9.70. The maximum Gasteiger partial charge on any atom is 0.121 e. The Kier molecular flexibility index (Phi) is 1.51. The zero-order valence-corrected chi connectivity index (χ0v) is 9.11. The lowest BCUT2D eigenvalue weighted by molar-refractivity contribution is 0.127. The minimum Gasteiger partial charge on any atom is -0.490 e. The number of allylic oxidation sites excluding steroid dienone is 3. The summed E-state index contributed by atoms with van der Waals surface area (Å²) in [6.07, 6.45) is 15.9. The zero-order chi connectivity index (χ0) is 9.88. The molecule has 3 unspecified atom stereocenters. The first-order chi connectivity index (χ1) is 7.39. The molecule has 3 aliphatic carbocycles. The number of rotatable bonds is 0. The zero-order valence-electron chi connectivity index (χ0n) is 9.11. The predicted octanol–water partition coefficient (Wildman–Crippen LogP) is 3.43. The second-order valence-electron chi connectivity index (χ2n) is 5.70. The van der Waals surface area contributed by atoms with E-state index in [1.54, 1.807) is 0 Å². The fourth-order valence-electron chi connectivity index (χ4n) is 4.47. The summed E-state index contributed by atoms with van der Waals surface area (Å²) in [5.74, 6) is 2.90. The highest BCUT2D eigenvalue weighted by Gasteiger charge is 2.55. The van der Waals surface area contributed by atoms with Crippen LogP contribution in [0.5, 0.6) is 0 Å². The van der Waals surface area contributed by atoms with Crippen molar-refractivity contribution in [3.8, 4) is 0 Å². The highest BCUT2D eigenvalue weighted by molar-refractivity contribution is 5.28. The molecule has 1 heterocycles. The molecule has 0 aromatic carbocycles. The number of hydrogen-bond acceptors (Lipinski definition) is 1. The van der Waals surface area contributed by atoms with Crippen LogP contribution in [0, 0.1) is 17.3 Å². The molecule has 0 amide bonds. The number of fused-ring (bicyclic) bond motifs is 4. The Hall–Kier alpha value is -0.720. The maximum absolute atomic E-state index is 6.07. The second-order valence-corrected chi connectivity index (χ2v) is 5.70. The van der Waals surface area contributed by atoms with Gasteiger partial charge in [0.1, 0.15) is 6.10 Å². The highest BCUT2D eigenvalue weighted by Crippen LogP contribution is 2.60. The molecule has 1 spiro atoms. The van der Waals surface area contributed by atoms with Crippen molar-refractivity contribution in [2.24, 2.45) is 17.3 Å². The van der Waals surface area contributed by atoms with Crippen LogP contribution in [0.2, 0.25) is 0 Å². The van der Waals surface area contributed by atoms with E-state index >= 15 is 0 Å². The van der Waals surface area contributed by atoms with Gasteiger partial charge in [0, 0.05) is 11.8 Å². The number of hydrogen-bond donors (Lipinski definition) is 0. The van der Waals surface area contributed by atoms with E-state index in [-0.39, 0.29) is 0 Å². The molecule has 2 fully saturated rings. The smallest absolute Gasteiger partial charge is 0.121 e. The number of ether oxygens (including phenoxy) is 1. The van der Waals surface area contributed by atoms with Gasteiger partial charge in [-0.2, -0.15) is 0 Å². The van der Waals surface area contributed by atoms with Gasteiger partial charge in [-0.3, -0.25) is 0 Å². The fourth-order valence-corrected chi connectivity index (χ4v) is 4.47. The van der Waals surface area contributed by atoms with Gasteiger partial charge in [-0.25, -0.2) is 0 Å². The molecule has 1 aliphatic heterocycles. The third-order valence-electron chi connectivity index (χ3n) is 5.06. The molecule has 15 heavy (non-hydrogen) atoms. The van der Waals surface area contributed by atoms with Crippen molar-refractivity contribution in [3.05, 3.63) is 24.0 Å². The van der Waals surface area contributed by atoms with E-state index in [0.29, 0.717) is 11.5 Å². The maximum atomic E-state index is 6.07. The Morgan fingerprint density at radius 2 is 2.13 bits per heavy atom. The third kappa shape index (κ3) is 0.945. The summed E-state index contributed by atoms with van der Waals surface area (Å²) >= 11 is 0. The Balaban J connectivity index is 1.75. The summed E-state index contributed by atoms with van der Waals surface area (Å²) in [6.45, 7) is 0. The topological polar surface area (TPSA) is 9.23 Å². The van der Waals surface area contributed by atoms with Crippen LogP contribution in [0.1, 0.15) is 38.5 Å². The van der Waals surface area contributed by atoms with Crippen molar-refractivity contribution < 1.29 is 4.74 Å². The molecule has 0 N–H and O–H groups in total. The minimum absolute atomic E-state index is 0.430.